The molecule has 1 aromatic heterocycles. The Morgan fingerprint density at radius 3 is 2.45 bits per heavy atom. The molecule has 0 aliphatic carbocycles. The summed E-state index contributed by atoms with van der Waals surface area (Å²) in [5.41, 5.74) is 0.992. The molecule has 12 heteroatoms. The number of aromatic nitrogens is 1. The quantitative estimate of drug-likeness (QED) is 0.310. The normalized spacial score (nSPS) is 12.7. The maximum absolute atomic E-state index is 12.3. The van der Waals surface area contributed by atoms with Gasteiger partial charge in [-0.1, -0.05) is 6.92 Å². The number of halogens is 3. The van der Waals surface area contributed by atoms with Gasteiger partial charge in [0.15, 0.2) is 0 Å². The van der Waals surface area contributed by atoms with Gasteiger partial charge in [-0.2, -0.15) is 0 Å². The largest absolute Gasteiger partial charge is 0.573 e. The van der Waals surface area contributed by atoms with Crippen molar-refractivity contribution < 1.29 is 38.3 Å². The van der Waals surface area contributed by atoms with E-state index in [4.69, 9.17) is 15.8 Å². The van der Waals surface area contributed by atoms with Gasteiger partial charge in [0.05, 0.1) is 5.39 Å². The average molecular weight is 416 g/mol. The van der Waals surface area contributed by atoms with Crippen LogP contribution in [0.2, 0.25) is 0 Å². The molecule has 2 rings (SSSR count). The van der Waals surface area contributed by atoms with Gasteiger partial charge in [-0.3, -0.25) is 10.4 Å². The number of pyridine rings is 1. The van der Waals surface area contributed by atoms with E-state index in [-0.39, 0.29) is 22.7 Å². The second kappa shape index (κ2) is 9.62. The van der Waals surface area contributed by atoms with E-state index in [0.29, 0.717) is 12.1 Å². The van der Waals surface area contributed by atoms with Gasteiger partial charge in [0.1, 0.15) is 24.3 Å². The van der Waals surface area contributed by atoms with Gasteiger partial charge in [-0.05, 0) is 42.3 Å². The molecule has 1 unspecified atom stereocenters. The molecule has 0 radical (unpaired) electrons. The molecule has 0 bridgehead atoms. The number of rotatable bonds is 9. The summed E-state index contributed by atoms with van der Waals surface area (Å²) in [6.45, 7) is 1.21. The smallest absolute Gasteiger partial charge is 0.406 e. The zero-order valence-corrected chi connectivity index (χ0v) is 15.1. The first kappa shape index (κ1) is 22.5. The summed E-state index contributed by atoms with van der Waals surface area (Å²) in [4.78, 5) is 8.55. The summed E-state index contributed by atoms with van der Waals surface area (Å²) in [5, 5.41) is 38.1. The van der Waals surface area contributed by atoms with Gasteiger partial charge in [-0.15, -0.1) is 13.2 Å². The summed E-state index contributed by atoms with van der Waals surface area (Å²) in [6.07, 6.45) is -4.47. The number of nitrogens with one attached hydrogen (secondary N) is 2. The number of aliphatic hydroxyl groups excluding tert-OH is 1. The van der Waals surface area contributed by atoms with Crippen molar-refractivity contribution in [2.75, 3.05) is 11.9 Å². The van der Waals surface area contributed by atoms with Gasteiger partial charge in [0.2, 0.25) is 0 Å². The number of hydrogen-bond donors (Lipinski definition) is 5. The molecule has 0 saturated heterocycles. The van der Waals surface area contributed by atoms with Crippen molar-refractivity contribution >= 4 is 17.2 Å². The number of anilines is 2. The highest BCUT2D eigenvalue weighted by Gasteiger charge is 2.31. The van der Waals surface area contributed by atoms with Crippen molar-refractivity contribution in [3.8, 4) is 5.75 Å². The van der Waals surface area contributed by atoms with Crippen LogP contribution in [0.15, 0.2) is 36.5 Å². The predicted octanol–water partition coefficient (Wildman–Crippen LogP) is 3.55. The lowest BCUT2D eigenvalue weighted by Gasteiger charge is -2.19. The number of benzene rings is 1. The third-order valence-corrected chi connectivity index (χ3v) is 3.70. The SMILES string of the molecule is CCC(=N)c1c(C(O)CON(O)O)ccnc1Nc1ccc(OC(F)(F)F)cc1. The fraction of sp³-hybridized carbons (Fsp3) is 0.294. The topological polar surface area (TPSA) is 131 Å². The predicted molar refractivity (Wildman–Crippen MR) is 94.1 cm³/mol. The maximum Gasteiger partial charge on any atom is 0.573 e. The van der Waals surface area contributed by atoms with Gasteiger partial charge < -0.3 is 20.6 Å². The molecule has 2 aromatic rings. The van der Waals surface area contributed by atoms with E-state index in [1.807, 2.05) is 0 Å². The minimum absolute atomic E-state index is 0.122. The monoisotopic (exact) mass is 416 g/mol. The van der Waals surface area contributed by atoms with Crippen LogP contribution >= 0.6 is 0 Å². The van der Waals surface area contributed by atoms with E-state index in [0.717, 1.165) is 12.1 Å². The van der Waals surface area contributed by atoms with E-state index < -0.39 is 30.2 Å². The first-order valence-electron chi connectivity index (χ1n) is 8.29. The first-order valence-corrected chi connectivity index (χ1v) is 8.29. The van der Waals surface area contributed by atoms with Crippen molar-refractivity contribution in [1.82, 2.24) is 10.4 Å². The van der Waals surface area contributed by atoms with Crippen LogP contribution in [0.3, 0.4) is 0 Å². The molecular weight excluding hydrogens is 397 g/mol. The number of alkyl halides is 3. The van der Waals surface area contributed by atoms with Crippen LogP contribution in [0, 0.1) is 5.41 Å². The standard InChI is InChI=1S/C17H19F3N4O5/c1-2-13(21)15-12(14(25)9-28-24(26)27)7-8-22-16(15)23-10-3-5-11(6-4-10)29-17(18,19)20/h3-8,14,21,25-27H,2,9H2,1H3,(H,22,23). The third kappa shape index (κ3) is 6.66. The fourth-order valence-electron chi connectivity index (χ4n) is 2.45. The van der Waals surface area contributed by atoms with Crippen molar-refractivity contribution in [3.63, 3.8) is 0 Å². The Morgan fingerprint density at radius 2 is 1.90 bits per heavy atom. The first-order chi connectivity index (χ1) is 13.6. The summed E-state index contributed by atoms with van der Waals surface area (Å²) in [6, 6.07) is 6.35. The molecule has 0 amide bonds. The summed E-state index contributed by atoms with van der Waals surface area (Å²) in [7, 11) is 0. The summed E-state index contributed by atoms with van der Waals surface area (Å²) in [5.74, 6) is -0.209. The Morgan fingerprint density at radius 1 is 1.24 bits per heavy atom. The average Bonchev–Trinajstić information content (AvgIpc) is 2.65. The lowest BCUT2D eigenvalue weighted by Crippen LogP contribution is -2.21. The molecule has 0 spiro atoms. The van der Waals surface area contributed by atoms with Crippen LogP contribution in [-0.2, 0) is 4.84 Å². The van der Waals surface area contributed by atoms with Crippen molar-refractivity contribution in [2.24, 2.45) is 0 Å². The molecule has 158 valence electrons. The Balaban J connectivity index is 2.30. The molecule has 5 N–H and O–H groups in total. The van der Waals surface area contributed by atoms with Crippen LogP contribution in [0.5, 0.6) is 5.75 Å². The summed E-state index contributed by atoms with van der Waals surface area (Å²) >= 11 is 0. The van der Waals surface area contributed by atoms with E-state index in [9.17, 15) is 18.3 Å². The molecule has 29 heavy (non-hydrogen) atoms. The van der Waals surface area contributed by atoms with E-state index in [1.165, 1.54) is 24.4 Å². The molecule has 0 fully saturated rings. The molecular formula is C17H19F3N4O5. The lowest BCUT2D eigenvalue weighted by molar-refractivity contribution is -0.495. The molecule has 9 nitrogen and oxygen atoms in total. The highest BCUT2D eigenvalue weighted by atomic mass is 19.4. The zero-order valence-electron chi connectivity index (χ0n) is 15.1. The van der Waals surface area contributed by atoms with Crippen LogP contribution in [0.1, 0.15) is 30.6 Å². The van der Waals surface area contributed by atoms with Crippen molar-refractivity contribution in [2.45, 2.75) is 25.8 Å². The maximum atomic E-state index is 12.3. The van der Waals surface area contributed by atoms with E-state index in [1.54, 1.807) is 6.92 Å². The van der Waals surface area contributed by atoms with Gasteiger partial charge in [0, 0.05) is 23.2 Å². The Bertz CT molecular complexity index is 831. The molecule has 0 aliphatic heterocycles. The second-order valence-electron chi connectivity index (χ2n) is 5.72. The van der Waals surface area contributed by atoms with E-state index >= 15 is 0 Å². The minimum atomic E-state index is -4.80. The van der Waals surface area contributed by atoms with Crippen LogP contribution in [0.4, 0.5) is 24.7 Å². The third-order valence-electron chi connectivity index (χ3n) is 3.70. The lowest BCUT2D eigenvalue weighted by atomic mass is 9.98. The van der Waals surface area contributed by atoms with Gasteiger partial charge >= 0.3 is 6.36 Å². The summed E-state index contributed by atoms with van der Waals surface area (Å²) < 4.78 is 40.6. The zero-order chi connectivity index (χ0) is 21.6. The van der Waals surface area contributed by atoms with E-state index in [2.05, 4.69) is 19.9 Å². The fourth-order valence-corrected chi connectivity index (χ4v) is 2.45. The van der Waals surface area contributed by atoms with Gasteiger partial charge in [-0.25, -0.2) is 9.82 Å². The van der Waals surface area contributed by atoms with Crippen LogP contribution < -0.4 is 10.1 Å². The highest BCUT2D eigenvalue weighted by molar-refractivity contribution is 6.04. The number of ether oxygens (including phenoxy) is 1. The number of hydrogen-bond acceptors (Lipinski definition) is 9. The molecule has 0 saturated carbocycles. The van der Waals surface area contributed by atoms with Crippen LogP contribution in [-0.4, -0.2) is 44.6 Å². The van der Waals surface area contributed by atoms with Crippen molar-refractivity contribution in [3.05, 3.63) is 47.7 Å². The Hall–Kier alpha value is -2.77. The van der Waals surface area contributed by atoms with Crippen molar-refractivity contribution in [1.29, 1.82) is 5.41 Å². The highest BCUT2D eigenvalue weighted by Crippen LogP contribution is 2.29. The van der Waals surface area contributed by atoms with Crippen LogP contribution in [0.25, 0.3) is 0 Å². The Kier molecular flexibility index (Phi) is 7.47. The number of nitrogens with zero attached hydrogens (tertiary/aromatic N) is 2. The second-order valence-corrected chi connectivity index (χ2v) is 5.72. The Labute approximate surface area is 163 Å². The molecule has 0 aliphatic rings. The van der Waals surface area contributed by atoms with Gasteiger partial charge in [0.25, 0.3) is 0 Å². The molecule has 1 aromatic carbocycles. The number of aliphatic hydroxyl groups is 1. The minimum Gasteiger partial charge on any atom is -0.406 e. The molecule has 1 heterocycles. The molecule has 1 atom stereocenters.